The zero-order chi connectivity index (χ0) is 79.7. The van der Waals surface area contributed by atoms with Crippen LogP contribution in [-0.4, -0.2) is 0 Å². The van der Waals surface area contributed by atoms with Crippen molar-refractivity contribution in [2.24, 2.45) is 0 Å². The Kier molecular flexibility index (Phi) is 24.3. The lowest BCUT2D eigenvalue weighted by atomic mass is 9.71. The molecule has 0 saturated heterocycles. The van der Waals surface area contributed by atoms with E-state index in [1.165, 1.54) is 161 Å². The van der Waals surface area contributed by atoms with Crippen LogP contribution < -0.4 is 0 Å². The summed E-state index contributed by atoms with van der Waals surface area (Å²) in [6.45, 7) is 33.9. The molecule has 0 heterocycles. The molecule has 0 amide bonds. The molecule has 18 bridgehead atoms. The summed E-state index contributed by atoms with van der Waals surface area (Å²) >= 11 is 0. The van der Waals surface area contributed by atoms with E-state index in [2.05, 4.69) is 315 Å². The SMILES string of the molecule is CCCc1cccc(C2CCCC3c4ccc(C)c(c4)C4CCCC(c5cc(CCC)c(C)cc5C)c5cc(c(C)cc5C)[C@@H]5CCC[C@H](c6cccc(C)c6)c6cc(ccc6C)[C@H](C6=CC=C(C)CC6)CCC[C@H](c6cccc2c6)c2cccc(c2)[C@@H](CCC[C@@H](c2cc5c(C)cc2C)c2cc(C)ccc24)c2cccc(C)c23)c1. The van der Waals surface area contributed by atoms with Gasteiger partial charge >= 0.3 is 0 Å². The molecule has 0 nitrogen and oxygen atoms in total. The average molecular weight is 1510 g/mol. The molecule has 0 N–H and O–H groups in total. The normalized spacial score (nSPS) is 22.0. The van der Waals surface area contributed by atoms with Crippen LogP contribution in [-0.2, 0) is 12.8 Å². The first-order chi connectivity index (χ1) is 55.9. The molecule has 0 heteroatoms. The van der Waals surface area contributed by atoms with Crippen molar-refractivity contribution < 1.29 is 0 Å². The number of allylic oxidation sites excluding steroid dienone is 4. The summed E-state index contributed by atoms with van der Waals surface area (Å²) in [4.78, 5) is 0. The Bertz CT molecular complexity index is 5440. The number of hydrogen-bond acceptors (Lipinski definition) is 0. The molecular weight excluding hydrogens is 1380 g/mol. The first-order valence-corrected chi connectivity index (χ1v) is 45.3. The van der Waals surface area contributed by atoms with E-state index in [1.807, 2.05) is 0 Å². The number of hydrogen-bond donors (Lipinski definition) is 0. The number of benzene rings is 11. The Hall–Kier alpha value is -9.10. The van der Waals surface area contributed by atoms with E-state index in [-0.39, 0.29) is 53.3 Å². The highest BCUT2D eigenvalue weighted by Gasteiger charge is 2.36. The smallest absolute Gasteiger partial charge is 0.00951 e. The molecule has 590 valence electrons. The van der Waals surface area contributed by atoms with Crippen molar-refractivity contribution in [2.45, 2.75) is 291 Å². The fourth-order valence-electron chi connectivity index (χ4n) is 23.2. The standard InChI is InChI=1S/C115H130/c1-15-27-84-31-19-33-88(64-84)96-40-23-43-100-94-57-53-76(7)108(69-94)101-44-26-46-102(109-67-86(28-16-2)78(9)61-79(109)10)110-70-111(81(12)62-80(110)11)103-45-25-42-99(87-32-17-29-73(4)59-87)107-68-93(56-52-75(107)6)95(85-54-49-72(3)50-55-85)38-22-39-97(90-35-20-34-89(96)65-90)91-36-21-37-92(66-91)98(106-48-18-30-77(8)115(100)106)41-24-47-104(114-60-74(5)51-58-105(101)114)113-71-112(103)82(13)63-83(113)14/h17-21,29-37,48-49,51-54,56-71,95-104H,15-16,22-28,38-47,50,55H2,1-14H3/t95-,96?,97+,98+,99+,100?,101?,102?,103-,104-/m0/s1. The monoisotopic (exact) mass is 1510 g/mol. The topological polar surface area (TPSA) is 0 Å². The van der Waals surface area contributed by atoms with Crippen molar-refractivity contribution in [1.29, 1.82) is 0 Å². The van der Waals surface area contributed by atoms with E-state index < -0.39 is 0 Å². The van der Waals surface area contributed by atoms with Gasteiger partial charge in [0.05, 0.1) is 0 Å². The highest BCUT2D eigenvalue weighted by Crippen LogP contribution is 2.52. The van der Waals surface area contributed by atoms with Crippen molar-refractivity contribution in [3.05, 3.63) is 408 Å². The van der Waals surface area contributed by atoms with Crippen LogP contribution in [0.15, 0.2) is 230 Å². The van der Waals surface area contributed by atoms with Crippen LogP contribution in [0.2, 0.25) is 0 Å². The van der Waals surface area contributed by atoms with Gasteiger partial charge in [0.25, 0.3) is 0 Å². The molecule has 0 radical (unpaired) electrons. The van der Waals surface area contributed by atoms with Gasteiger partial charge in [0.15, 0.2) is 0 Å². The summed E-state index contributed by atoms with van der Waals surface area (Å²) in [6, 6.07) is 87.5. The second-order valence-corrected chi connectivity index (χ2v) is 37.1. The van der Waals surface area contributed by atoms with Gasteiger partial charge in [-0.05, 0) is 340 Å². The van der Waals surface area contributed by atoms with Gasteiger partial charge in [0.1, 0.15) is 0 Å². The van der Waals surface area contributed by atoms with Gasteiger partial charge in [-0.1, -0.05) is 299 Å². The van der Waals surface area contributed by atoms with E-state index in [0.717, 1.165) is 135 Å². The maximum atomic E-state index is 2.84. The second kappa shape index (κ2) is 35.0. The molecule has 0 spiro atoms. The van der Waals surface area contributed by atoms with E-state index in [4.69, 9.17) is 0 Å². The number of fused-ring (bicyclic) bond motifs is 14. The Morgan fingerprint density at radius 2 is 0.643 bits per heavy atom. The van der Waals surface area contributed by atoms with E-state index >= 15 is 0 Å². The van der Waals surface area contributed by atoms with Crippen LogP contribution in [0.4, 0.5) is 0 Å². The summed E-state index contributed by atoms with van der Waals surface area (Å²) in [7, 11) is 0. The minimum atomic E-state index is 0.161. The first-order valence-electron chi connectivity index (χ1n) is 45.3. The molecule has 5 aliphatic carbocycles. The van der Waals surface area contributed by atoms with Gasteiger partial charge in [-0.3, -0.25) is 0 Å². The van der Waals surface area contributed by atoms with Crippen molar-refractivity contribution in [3.8, 4) is 0 Å². The average Bonchev–Trinajstić information content (AvgIpc) is 1.68. The molecule has 16 rings (SSSR count). The lowest BCUT2D eigenvalue weighted by Gasteiger charge is -2.33. The van der Waals surface area contributed by atoms with Gasteiger partial charge in [0, 0.05) is 59.2 Å². The molecular formula is C115H130. The summed E-state index contributed by atoms with van der Waals surface area (Å²) in [5.41, 5.74) is 50.2. The van der Waals surface area contributed by atoms with Crippen molar-refractivity contribution in [1.82, 2.24) is 0 Å². The van der Waals surface area contributed by atoms with Gasteiger partial charge < -0.3 is 0 Å². The maximum absolute atomic E-state index is 2.84. The second-order valence-electron chi connectivity index (χ2n) is 37.1. The highest BCUT2D eigenvalue weighted by molar-refractivity contribution is 5.58. The molecule has 0 fully saturated rings. The van der Waals surface area contributed by atoms with Crippen LogP contribution in [0.25, 0.3) is 0 Å². The zero-order valence-corrected chi connectivity index (χ0v) is 72.4. The summed E-state index contributed by atoms with van der Waals surface area (Å²) < 4.78 is 0. The minimum Gasteiger partial charge on any atom is -0.0730 e. The maximum Gasteiger partial charge on any atom is 0.00951 e. The van der Waals surface area contributed by atoms with Crippen molar-refractivity contribution in [2.75, 3.05) is 0 Å². The Balaban J connectivity index is 0.993. The Morgan fingerprint density at radius 1 is 0.235 bits per heavy atom. The quantitative estimate of drug-likeness (QED) is 0.142. The number of rotatable bonds is 8. The molecule has 115 heavy (non-hydrogen) atoms. The number of aryl methyl sites for hydroxylation is 13. The van der Waals surface area contributed by atoms with Gasteiger partial charge in [-0.25, -0.2) is 0 Å². The molecule has 5 aliphatic rings. The molecule has 0 saturated carbocycles. The predicted molar refractivity (Wildman–Crippen MR) is 491 cm³/mol. The summed E-state index contributed by atoms with van der Waals surface area (Å²) in [5.74, 6) is 2.07. The molecule has 0 aromatic heterocycles. The zero-order valence-electron chi connectivity index (χ0n) is 72.4. The molecule has 10 atom stereocenters. The van der Waals surface area contributed by atoms with Crippen LogP contribution in [0.5, 0.6) is 0 Å². The fourth-order valence-corrected chi connectivity index (χ4v) is 23.2. The van der Waals surface area contributed by atoms with E-state index in [0.29, 0.717) is 5.92 Å². The van der Waals surface area contributed by atoms with Crippen molar-refractivity contribution >= 4 is 0 Å². The molecule has 11 aromatic rings. The third-order valence-corrected chi connectivity index (χ3v) is 29.2. The van der Waals surface area contributed by atoms with Crippen LogP contribution in [0, 0.1) is 76.2 Å². The predicted octanol–water partition coefficient (Wildman–Crippen LogP) is 31.5. The van der Waals surface area contributed by atoms with Crippen molar-refractivity contribution in [3.63, 3.8) is 0 Å². The highest BCUT2D eigenvalue weighted by atomic mass is 14.4. The fraction of sp³-hybridized carbons (Fsp3) is 0.391. The van der Waals surface area contributed by atoms with Crippen LogP contribution in [0.1, 0.15) is 380 Å². The summed E-state index contributed by atoms with van der Waals surface area (Å²) in [5, 5.41) is 0. The lowest BCUT2D eigenvalue weighted by molar-refractivity contribution is 0.556. The van der Waals surface area contributed by atoms with Crippen LogP contribution in [0.3, 0.4) is 0 Å². The summed E-state index contributed by atoms with van der Waals surface area (Å²) in [6.07, 6.45) is 27.9. The Labute approximate surface area is 693 Å². The molecule has 11 aromatic carbocycles. The Morgan fingerprint density at radius 3 is 1.19 bits per heavy atom. The molecule has 4 unspecified atom stereocenters. The van der Waals surface area contributed by atoms with Gasteiger partial charge in [-0.2, -0.15) is 0 Å². The largest absolute Gasteiger partial charge is 0.0730 e. The third-order valence-electron chi connectivity index (χ3n) is 29.2. The first kappa shape index (κ1) is 79.7. The minimum absolute atomic E-state index is 0.161. The van der Waals surface area contributed by atoms with Gasteiger partial charge in [-0.15, -0.1) is 0 Å². The molecule has 0 aliphatic heterocycles. The van der Waals surface area contributed by atoms with Crippen LogP contribution >= 0.6 is 0 Å². The van der Waals surface area contributed by atoms with Gasteiger partial charge in [0.2, 0.25) is 0 Å². The third kappa shape index (κ3) is 16.7. The van der Waals surface area contributed by atoms with E-state index in [1.54, 1.807) is 27.8 Å². The van der Waals surface area contributed by atoms with E-state index in [9.17, 15) is 0 Å². The lowest BCUT2D eigenvalue weighted by Crippen LogP contribution is -2.17.